The second-order valence-electron chi connectivity index (χ2n) is 3.67. The van der Waals surface area contributed by atoms with E-state index in [9.17, 15) is 0 Å². The number of hydrogen-bond donors (Lipinski definition) is 0. The van der Waals surface area contributed by atoms with Crippen molar-refractivity contribution in [2.75, 3.05) is 46.8 Å². The summed E-state index contributed by atoms with van der Waals surface area (Å²) < 4.78 is 20.9. The highest BCUT2D eigenvalue weighted by atomic mass is 35.5. The van der Waals surface area contributed by atoms with Gasteiger partial charge in [0.1, 0.15) is 6.61 Å². The van der Waals surface area contributed by atoms with Crippen LogP contribution in [0.2, 0.25) is 0 Å². The average Bonchev–Trinajstić information content (AvgIpc) is 2.46. The molecule has 0 fully saturated rings. The van der Waals surface area contributed by atoms with Gasteiger partial charge in [-0.15, -0.1) is 11.6 Å². The van der Waals surface area contributed by atoms with Crippen molar-refractivity contribution in [1.29, 1.82) is 0 Å². The Morgan fingerprint density at radius 3 is 2.37 bits per heavy atom. The van der Waals surface area contributed by atoms with Gasteiger partial charge in [-0.2, -0.15) is 0 Å². The lowest BCUT2D eigenvalue weighted by Gasteiger charge is -2.07. The van der Waals surface area contributed by atoms with Crippen molar-refractivity contribution in [3.63, 3.8) is 0 Å². The van der Waals surface area contributed by atoms with E-state index >= 15 is 0 Å². The van der Waals surface area contributed by atoms with Gasteiger partial charge >= 0.3 is 0 Å². The van der Waals surface area contributed by atoms with E-state index in [0.29, 0.717) is 51.4 Å². The normalized spacial score (nSPS) is 10.6. The van der Waals surface area contributed by atoms with Gasteiger partial charge in [-0.05, 0) is 6.07 Å². The van der Waals surface area contributed by atoms with Crippen LogP contribution < -0.4 is 4.74 Å². The molecular formula is C13H20ClNO4. The molecule has 0 aliphatic carbocycles. The molecule has 0 spiro atoms. The Bertz CT molecular complexity index is 338. The first kappa shape index (κ1) is 16.2. The Balaban J connectivity index is 1.98. The van der Waals surface area contributed by atoms with E-state index in [1.54, 1.807) is 13.2 Å². The molecule has 0 amide bonds. The maximum Gasteiger partial charge on any atom is 0.213 e. The Morgan fingerprint density at radius 1 is 1.00 bits per heavy atom. The zero-order valence-electron chi connectivity index (χ0n) is 11.1. The number of alkyl halides is 1. The molecule has 19 heavy (non-hydrogen) atoms. The summed E-state index contributed by atoms with van der Waals surface area (Å²) >= 11 is 5.69. The molecule has 0 aromatic carbocycles. The summed E-state index contributed by atoms with van der Waals surface area (Å²) in [6.45, 7) is 3.25. The quantitative estimate of drug-likeness (QED) is 0.460. The number of ether oxygens (including phenoxy) is 4. The molecule has 1 aromatic rings. The molecule has 0 saturated carbocycles. The minimum Gasteiger partial charge on any atom is -0.475 e. The molecule has 0 radical (unpaired) electrons. The minimum atomic E-state index is 0.381. The molecule has 0 unspecified atom stereocenters. The minimum absolute atomic E-state index is 0.381. The summed E-state index contributed by atoms with van der Waals surface area (Å²) in [5.41, 5.74) is 0.798. The average molecular weight is 290 g/mol. The number of halogens is 1. The van der Waals surface area contributed by atoms with Crippen LogP contribution in [0.4, 0.5) is 0 Å². The molecule has 1 heterocycles. The monoisotopic (exact) mass is 289 g/mol. The van der Waals surface area contributed by atoms with Crippen molar-refractivity contribution in [2.45, 2.75) is 5.88 Å². The molecular weight excluding hydrogens is 270 g/mol. The molecule has 0 aliphatic heterocycles. The van der Waals surface area contributed by atoms with Crippen molar-refractivity contribution >= 4 is 11.6 Å². The van der Waals surface area contributed by atoms with Gasteiger partial charge in [0, 0.05) is 13.2 Å². The van der Waals surface area contributed by atoms with Gasteiger partial charge in [-0.3, -0.25) is 0 Å². The van der Waals surface area contributed by atoms with E-state index in [4.69, 9.17) is 30.5 Å². The highest BCUT2D eigenvalue weighted by molar-refractivity contribution is 6.16. The topological polar surface area (TPSA) is 49.8 Å². The van der Waals surface area contributed by atoms with E-state index in [2.05, 4.69) is 4.98 Å². The van der Waals surface area contributed by atoms with Gasteiger partial charge in [-0.25, -0.2) is 4.98 Å². The maximum atomic E-state index is 5.69. The van der Waals surface area contributed by atoms with Gasteiger partial charge < -0.3 is 18.9 Å². The first-order valence-electron chi connectivity index (χ1n) is 6.16. The van der Waals surface area contributed by atoms with Gasteiger partial charge in [-0.1, -0.05) is 6.07 Å². The van der Waals surface area contributed by atoms with Crippen LogP contribution in [0.15, 0.2) is 18.2 Å². The van der Waals surface area contributed by atoms with Crippen LogP contribution in [0, 0.1) is 0 Å². The second-order valence-corrected chi connectivity index (χ2v) is 3.93. The molecule has 1 aromatic heterocycles. The van der Waals surface area contributed by atoms with E-state index < -0.39 is 0 Å². The fourth-order valence-electron chi connectivity index (χ4n) is 1.28. The Morgan fingerprint density at radius 2 is 1.68 bits per heavy atom. The first-order chi connectivity index (χ1) is 9.36. The lowest BCUT2D eigenvalue weighted by atomic mass is 10.4. The van der Waals surface area contributed by atoms with Gasteiger partial charge in [0.2, 0.25) is 5.88 Å². The number of aromatic nitrogens is 1. The van der Waals surface area contributed by atoms with Crippen LogP contribution in [0.25, 0.3) is 0 Å². The third-order valence-electron chi connectivity index (χ3n) is 2.20. The van der Waals surface area contributed by atoms with Crippen molar-refractivity contribution in [1.82, 2.24) is 4.98 Å². The molecule has 0 N–H and O–H groups in total. The number of pyridine rings is 1. The summed E-state index contributed by atoms with van der Waals surface area (Å²) in [7, 11) is 1.64. The van der Waals surface area contributed by atoms with Crippen LogP contribution in [0.3, 0.4) is 0 Å². The fraction of sp³-hybridized carbons (Fsp3) is 0.615. The predicted molar refractivity (Wildman–Crippen MR) is 72.8 cm³/mol. The van der Waals surface area contributed by atoms with Crippen LogP contribution in [-0.2, 0) is 20.1 Å². The number of methoxy groups -OCH3 is 1. The third-order valence-corrected chi connectivity index (χ3v) is 2.47. The van der Waals surface area contributed by atoms with Gasteiger partial charge in [0.05, 0.1) is 44.6 Å². The summed E-state index contributed by atoms with van der Waals surface area (Å²) in [5, 5.41) is 0. The molecule has 1 rings (SSSR count). The van der Waals surface area contributed by atoms with E-state index in [1.807, 2.05) is 12.1 Å². The summed E-state index contributed by atoms with van der Waals surface area (Å²) in [6, 6.07) is 5.52. The van der Waals surface area contributed by atoms with Crippen molar-refractivity contribution in [2.24, 2.45) is 0 Å². The first-order valence-corrected chi connectivity index (χ1v) is 6.69. The lowest BCUT2D eigenvalue weighted by molar-refractivity contribution is 0.0176. The Labute approximate surface area is 118 Å². The maximum absolute atomic E-state index is 5.69. The van der Waals surface area contributed by atoms with Crippen LogP contribution >= 0.6 is 11.6 Å². The smallest absolute Gasteiger partial charge is 0.213 e. The second kappa shape index (κ2) is 11.0. The van der Waals surface area contributed by atoms with Crippen molar-refractivity contribution < 1.29 is 18.9 Å². The van der Waals surface area contributed by atoms with E-state index in [0.717, 1.165) is 5.69 Å². The van der Waals surface area contributed by atoms with Crippen molar-refractivity contribution in [3.05, 3.63) is 23.9 Å². The largest absolute Gasteiger partial charge is 0.475 e. The molecule has 0 saturated heterocycles. The van der Waals surface area contributed by atoms with Gasteiger partial charge in [0.15, 0.2) is 0 Å². The molecule has 0 bridgehead atoms. The van der Waals surface area contributed by atoms with E-state index in [1.165, 1.54) is 0 Å². The highest BCUT2D eigenvalue weighted by Crippen LogP contribution is 2.08. The number of nitrogens with zero attached hydrogens (tertiary/aromatic N) is 1. The molecule has 5 nitrogen and oxygen atoms in total. The number of rotatable bonds is 11. The fourth-order valence-corrected chi connectivity index (χ4v) is 1.43. The zero-order valence-corrected chi connectivity index (χ0v) is 11.9. The zero-order chi connectivity index (χ0) is 13.8. The summed E-state index contributed by atoms with van der Waals surface area (Å²) in [6.07, 6.45) is 0. The molecule has 0 aliphatic rings. The molecule has 0 atom stereocenters. The summed E-state index contributed by atoms with van der Waals surface area (Å²) in [4.78, 5) is 4.21. The van der Waals surface area contributed by atoms with Crippen LogP contribution in [-0.4, -0.2) is 51.7 Å². The van der Waals surface area contributed by atoms with Crippen molar-refractivity contribution in [3.8, 4) is 5.88 Å². The van der Waals surface area contributed by atoms with Gasteiger partial charge in [0.25, 0.3) is 0 Å². The molecule has 6 heteroatoms. The lowest BCUT2D eigenvalue weighted by Crippen LogP contribution is -2.12. The standard InChI is InChI=1S/C13H20ClNO4/c1-16-5-6-17-7-8-18-9-10-19-13-4-2-3-12(11-14)15-13/h2-4H,5-11H2,1H3. The van der Waals surface area contributed by atoms with Crippen LogP contribution in [0.5, 0.6) is 5.88 Å². The Hall–Kier alpha value is -0.880. The summed E-state index contributed by atoms with van der Waals surface area (Å²) in [5.74, 6) is 0.949. The SMILES string of the molecule is COCCOCCOCCOc1cccc(CCl)n1. The molecule has 108 valence electrons. The van der Waals surface area contributed by atoms with E-state index in [-0.39, 0.29) is 0 Å². The highest BCUT2D eigenvalue weighted by Gasteiger charge is 1.97. The predicted octanol–water partition coefficient (Wildman–Crippen LogP) is 1.88. The van der Waals surface area contributed by atoms with Crippen LogP contribution in [0.1, 0.15) is 5.69 Å². The Kier molecular flexibility index (Phi) is 9.36. The number of hydrogen-bond acceptors (Lipinski definition) is 5. The third kappa shape index (κ3) is 8.00.